The molecule has 1 aromatic rings. The molecule has 0 unspecified atom stereocenters. The highest BCUT2D eigenvalue weighted by Crippen LogP contribution is 2.30. The van der Waals surface area contributed by atoms with Crippen molar-refractivity contribution >= 4 is 17.3 Å². The summed E-state index contributed by atoms with van der Waals surface area (Å²) in [7, 11) is 0. The summed E-state index contributed by atoms with van der Waals surface area (Å²) in [5, 5.41) is 23.8. The topological polar surface area (TPSA) is 75.4 Å². The molecule has 1 aliphatic rings. The van der Waals surface area contributed by atoms with E-state index in [-0.39, 0.29) is 22.9 Å². The smallest absolute Gasteiger partial charge is 0.288 e. The van der Waals surface area contributed by atoms with E-state index < -0.39 is 4.92 Å². The van der Waals surface area contributed by atoms with Crippen molar-refractivity contribution in [1.29, 1.82) is 0 Å². The highest BCUT2D eigenvalue weighted by Gasteiger charge is 2.32. The van der Waals surface area contributed by atoms with Crippen molar-refractivity contribution in [2.75, 3.05) is 6.61 Å². The third kappa shape index (κ3) is 3.23. The molecule has 104 valence electrons. The number of aliphatic hydroxyl groups excluding tert-OH is 1. The first-order valence-corrected chi connectivity index (χ1v) is 6.73. The van der Waals surface area contributed by atoms with Gasteiger partial charge in [-0.3, -0.25) is 10.1 Å². The Labute approximate surface area is 116 Å². The van der Waals surface area contributed by atoms with Crippen LogP contribution in [0.5, 0.6) is 0 Å². The summed E-state index contributed by atoms with van der Waals surface area (Å²) >= 11 is 5.77. The SMILES string of the molecule is O=[N+]([O-])c1cc(CNC2(CO)CCCC2)ccc1Cl. The van der Waals surface area contributed by atoms with Gasteiger partial charge >= 0.3 is 0 Å². The zero-order valence-electron chi connectivity index (χ0n) is 10.6. The number of rotatable bonds is 5. The summed E-state index contributed by atoms with van der Waals surface area (Å²) < 4.78 is 0. The van der Waals surface area contributed by atoms with Gasteiger partial charge in [-0.2, -0.15) is 0 Å². The maximum Gasteiger partial charge on any atom is 0.288 e. The number of halogens is 1. The fraction of sp³-hybridized carbons (Fsp3) is 0.538. The largest absolute Gasteiger partial charge is 0.394 e. The molecule has 5 nitrogen and oxygen atoms in total. The Balaban J connectivity index is 2.07. The summed E-state index contributed by atoms with van der Waals surface area (Å²) in [6.45, 7) is 0.598. The molecule has 0 amide bonds. The number of aliphatic hydroxyl groups is 1. The lowest BCUT2D eigenvalue weighted by atomic mass is 9.98. The second-order valence-electron chi connectivity index (χ2n) is 5.04. The van der Waals surface area contributed by atoms with E-state index in [0.717, 1.165) is 31.2 Å². The minimum absolute atomic E-state index is 0.0783. The zero-order valence-corrected chi connectivity index (χ0v) is 11.3. The first-order valence-electron chi connectivity index (χ1n) is 6.35. The molecule has 1 fully saturated rings. The van der Waals surface area contributed by atoms with Gasteiger partial charge in [-0.25, -0.2) is 0 Å². The number of nitro groups is 1. The van der Waals surface area contributed by atoms with Crippen molar-refractivity contribution in [2.45, 2.75) is 37.8 Å². The molecule has 6 heteroatoms. The summed E-state index contributed by atoms with van der Waals surface area (Å²) in [4.78, 5) is 10.3. The molecule has 1 saturated carbocycles. The molecule has 2 N–H and O–H groups in total. The maximum atomic E-state index is 10.8. The van der Waals surface area contributed by atoms with Gasteiger partial charge in [0.1, 0.15) is 5.02 Å². The predicted molar refractivity (Wildman–Crippen MR) is 73.2 cm³/mol. The van der Waals surface area contributed by atoms with Crippen LogP contribution in [0.3, 0.4) is 0 Å². The summed E-state index contributed by atoms with van der Waals surface area (Å²) in [6.07, 6.45) is 4.10. The fourth-order valence-corrected chi connectivity index (χ4v) is 2.73. The van der Waals surface area contributed by atoms with Crippen molar-refractivity contribution < 1.29 is 10.0 Å². The molecular formula is C13H17ClN2O3. The number of benzene rings is 1. The second kappa shape index (κ2) is 5.86. The molecule has 0 saturated heterocycles. The van der Waals surface area contributed by atoms with Crippen LogP contribution in [0.2, 0.25) is 5.02 Å². The molecular weight excluding hydrogens is 268 g/mol. The standard InChI is InChI=1S/C13H17ClN2O3/c14-11-4-3-10(7-12(11)16(18)19)8-15-13(9-17)5-1-2-6-13/h3-4,7,15,17H,1-2,5-6,8-9H2. The second-order valence-corrected chi connectivity index (χ2v) is 5.45. The van der Waals surface area contributed by atoms with E-state index in [1.807, 2.05) is 0 Å². The molecule has 0 radical (unpaired) electrons. The van der Waals surface area contributed by atoms with Crippen molar-refractivity contribution in [1.82, 2.24) is 5.32 Å². The first-order chi connectivity index (χ1) is 9.06. The van der Waals surface area contributed by atoms with Crippen LogP contribution in [0.25, 0.3) is 0 Å². The van der Waals surface area contributed by atoms with E-state index in [0.29, 0.717) is 6.54 Å². The Bertz CT molecular complexity index is 473. The number of nitro benzene ring substituents is 1. The van der Waals surface area contributed by atoms with Crippen LogP contribution in [-0.4, -0.2) is 22.2 Å². The Kier molecular flexibility index (Phi) is 4.39. The van der Waals surface area contributed by atoms with Crippen molar-refractivity contribution in [3.63, 3.8) is 0 Å². The number of nitrogens with zero attached hydrogens (tertiary/aromatic N) is 1. The highest BCUT2D eigenvalue weighted by molar-refractivity contribution is 6.32. The van der Waals surface area contributed by atoms with Crippen molar-refractivity contribution in [3.8, 4) is 0 Å². The summed E-state index contributed by atoms with van der Waals surface area (Å²) in [5.74, 6) is 0. The average molecular weight is 285 g/mol. The van der Waals surface area contributed by atoms with Gasteiger partial charge in [-0.05, 0) is 24.5 Å². The van der Waals surface area contributed by atoms with Gasteiger partial charge in [0, 0.05) is 18.2 Å². The van der Waals surface area contributed by atoms with Gasteiger partial charge in [0.05, 0.1) is 11.5 Å². The monoisotopic (exact) mass is 284 g/mol. The highest BCUT2D eigenvalue weighted by atomic mass is 35.5. The molecule has 0 spiro atoms. The van der Waals surface area contributed by atoms with E-state index in [1.54, 1.807) is 6.07 Å². The molecule has 0 aliphatic heterocycles. The van der Waals surface area contributed by atoms with Gasteiger partial charge in [-0.15, -0.1) is 0 Å². The Morgan fingerprint density at radius 2 is 2.11 bits per heavy atom. The van der Waals surface area contributed by atoms with Gasteiger partial charge < -0.3 is 10.4 Å². The Morgan fingerprint density at radius 3 is 2.68 bits per heavy atom. The maximum absolute atomic E-state index is 10.8. The van der Waals surface area contributed by atoms with Crippen molar-refractivity contribution in [3.05, 3.63) is 38.9 Å². The molecule has 2 rings (SSSR count). The third-order valence-corrected chi connectivity index (χ3v) is 4.06. The van der Waals surface area contributed by atoms with Crippen LogP contribution in [0.1, 0.15) is 31.2 Å². The molecule has 0 atom stereocenters. The molecule has 19 heavy (non-hydrogen) atoms. The van der Waals surface area contributed by atoms with Gasteiger partial charge in [-0.1, -0.05) is 30.5 Å². The number of hydrogen-bond acceptors (Lipinski definition) is 4. The van der Waals surface area contributed by atoms with Gasteiger partial charge in [0.2, 0.25) is 0 Å². The zero-order chi connectivity index (χ0) is 13.9. The minimum atomic E-state index is -0.483. The minimum Gasteiger partial charge on any atom is -0.394 e. The molecule has 0 heterocycles. The summed E-state index contributed by atoms with van der Waals surface area (Å²) in [5.41, 5.74) is 0.496. The Hall–Kier alpha value is -1.17. The average Bonchev–Trinajstić information content (AvgIpc) is 2.87. The lowest BCUT2D eigenvalue weighted by molar-refractivity contribution is -0.384. The third-order valence-electron chi connectivity index (χ3n) is 3.74. The van der Waals surface area contributed by atoms with Crippen molar-refractivity contribution in [2.24, 2.45) is 0 Å². The van der Waals surface area contributed by atoms with Crippen LogP contribution in [-0.2, 0) is 6.54 Å². The van der Waals surface area contributed by atoms with E-state index in [1.165, 1.54) is 12.1 Å². The Morgan fingerprint density at radius 1 is 1.42 bits per heavy atom. The number of nitrogens with one attached hydrogen (secondary N) is 1. The first kappa shape index (κ1) is 14.2. The molecule has 0 aromatic heterocycles. The lowest BCUT2D eigenvalue weighted by Crippen LogP contribution is -2.45. The molecule has 1 aromatic carbocycles. The van der Waals surface area contributed by atoms with Gasteiger partial charge in [0.15, 0.2) is 0 Å². The van der Waals surface area contributed by atoms with Crippen LogP contribution in [0, 0.1) is 10.1 Å². The van der Waals surface area contributed by atoms with Crippen LogP contribution in [0.4, 0.5) is 5.69 Å². The van der Waals surface area contributed by atoms with E-state index >= 15 is 0 Å². The molecule has 1 aliphatic carbocycles. The normalized spacial score (nSPS) is 17.6. The van der Waals surface area contributed by atoms with Crippen LogP contribution < -0.4 is 5.32 Å². The number of hydrogen-bond donors (Lipinski definition) is 2. The predicted octanol–water partition coefficient (Wildman–Crippen LogP) is 2.64. The summed E-state index contributed by atoms with van der Waals surface area (Å²) in [6, 6.07) is 4.79. The molecule has 0 bridgehead atoms. The van der Waals surface area contributed by atoms with E-state index in [2.05, 4.69) is 5.32 Å². The quantitative estimate of drug-likeness (QED) is 0.644. The van der Waals surface area contributed by atoms with Crippen LogP contribution in [0.15, 0.2) is 18.2 Å². The van der Waals surface area contributed by atoms with Crippen LogP contribution >= 0.6 is 11.6 Å². The van der Waals surface area contributed by atoms with E-state index in [9.17, 15) is 15.2 Å². The fourth-order valence-electron chi connectivity index (χ4n) is 2.54. The van der Waals surface area contributed by atoms with E-state index in [4.69, 9.17) is 11.6 Å². The van der Waals surface area contributed by atoms with Gasteiger partial charge in [0.25, 0.3) is 5.69 Å². The lowest BCUT2D eigenvalue weighted by Gasteiger charge is -2.28.